The molecule has 0 aliphatic heterocycles. The molecular formula is C19H14ClN3O7. The van der Waals surface area contributed by atoms with E-state index in [-0.39, 0.29) is 46.0 Å². The molecule has 0 fully saturated rings. The fourth-order valence-corrected chi connectivity index (χ4v) is 2.76. The van der Waals surface area contributed by atoms with Crippen molar-refractivity contribution in [3.8, 4) is 5.75 Å². The lowest BCUT2D eigenvalue weighted by atomic mass is 10.2. The van der Waals surface area contributed by atoms with E-state index < -0.39 is 15.8 Å². The molecule has 0 atom stereocenters. The SMILES string of the molecule is Cc1ccc(NC(=O)c2ccc(COc3ccc([N+](=O)[O-])cc3Cl)o2)c([N+](=O)[O-])c1. The van der Waals surface area contributed by atoms with Gasteiger partial charge in [0.1, 0.15) is 23.8 Å². The third-order valence-corrected chi connectivity index (χ3v) is 4.28. The van der Waals surface area contributed by atoms with Gasteiger partial charge in [-0.1, -0.05) is 17.7 Å². The molecule has 2 aromatic carbocycles. The Morgan fingerprint density at radius 3 is 2.53 bits per heavy atom. The van der Waals surface area contributed by atoms with Gasteiger partial charge in [-0.25, -0.2) is 0 Å². The van der Waals surface area contributed by atoms with Crippen LogP contribution in [0.5, 0.6) is 5.75 Å². The molecule has 10 nitrogen and oxygen atoms in total. The lowest BCUT2D eigenvalue weighted by molar-refractivity contribution is -0.384. The average Bonchev–Trinajstić information content (AvgIpc) is 3.17. The lowest BCUT2D eigenvalue weighted by Crippen LogP contribution is -2.12. The Bertz CT molecular complexity index is 1140. The van der Waals surface area contributed by atoms with E-state index in [2.05, 4.69) is 5.32 Å². The van der Waals surface area contributed by atoms with Gasteiger partial charge in [-0.15, -0.1) is 0 Å². The molecule has 3 rings (SSSR count). The smallest absolute Gasteiger partial charge is 0.293 e. The van der Waals surface area contributed by atoms with E-state index in [1.54, 1.807) is 13.0 Å². The molecule has 1 aromatic heterocycles. The number of rotatable bonds is 7. The highest BCUT2D eigenvalue weighted by atomic mass is 35.5. The van der Waals surface area contributed by atoms with E-state index in [4.69, 9.17) is 20.8 Å². The number of carbonyl (C=O) groups excluding carboxylic acids is 1. The van der Waals surface area contributed by atoms with Crippen LogP contribution in [0.25, 0.3) is 0 Å². The fraction of sp³-hybridized carbons (Fsp3) is 0.105. The summed E-state index contributed by atoms with van der Waals surface area (Å²) >= 11 is 5.96. The molecule has 0 spiro atoms. The zero-order valence-corrected chi connectivity index (χ0v) is 16.2. The highest BCUT2D eigenvalue weighted by molar-refractivity contribution is 6.32. The molecule has 0 aliphatic rings. The van der Waals surface area contributed by atoms with Crippen LogP contribution < -0.4 is 10.1 Å². The lowest BCUT2D eigenvalue weighted by Gasteiger charge is -2.06. The summed E-state index contributed by atoms with van der Waals surface area (Å²) in [6.45, 7) is 1.62. The molecule has 0 bridgehead atoms. The molecule has 0 unspecified atom stereocenters. The number of nitrogens with zero attached hydrogens (tertiary/aromatic N) is 2. The van der Waals surface area contributed by atoms with Crippen LogP contribution in [0.2, 0.25) is 5.02 Å². The summed E-state index contributed by atoms with van der Waals surface area (Å²) < 4.78 is 10.9. The number of hydrogen-bond acceptors (Lipinski definition) is 7. The number of nitro benzene ring substituents is 2. The number of nitro groups is 2. The van der Waals surface area contributed by atoms with E-state index in [1.807, 2.05) is 0 Å². The largest absolute Gasteiger partial charge is 0.484 e. The van der Waals surface area contributed by atoms with Crippen molar-refractivity contribution in [1.29, 1.82) is 0 Å². The molecular weight excluding hydrogens is 418 g/mol. The second-order valence-corrected chi connectivity index (χ2v) is 6.57. The number of non-ortho nitro benzene ring substituents is 1. The van der Waals surface area contributed by atoms with E-state index in [9.17, 15) is 25.0 Å². The normalized spacial score (nSPS) is 10.5. The van der Waals surface area contributed by atoms with E-state index in [0.29, 0.717) is 5.56 Å². The van der Waals surface area contributed by atoms with Gasteiger partial charge >= 0.3 is 0 Å². The Kier molecular flexibility index (Phi) is 5.98. The maximum Gasteiger partial charge on any atom is 0.293 e. The Morgan fingerprint density at radius 1 is 1.10 bits per heavy atom. The average molecular weight is 432 g/mol. The van der Waals surface area contributed by atoms with Gasteiger partial charge in [0.2, 0.25) is 0 Å². The van der Waals surface area contributed by atoms with Crippen LogP contribution >= 0.6 is 11.6 Å². The van der Waals surface area contributed by atoms with Gasteiger partial charge in [0.25, 0.3) is 17.3 Å². The molecule has 1 heterocycles. The highest BCUT2D eigenvalue weighted by Gasteiger charge is 2.19. The summed E-state index contributed by atoms with van der Waals surface area (Å²) in [4.78, 5) is 33.1. The van der Waals surface area contributed by atoms with E-state index >= 15 is 0 Å². The number of furan rings is 1. The predicted octanol–water partition coefficient (Wildman–Crippen LogP) is 4.89. The number of aryl methyl sites for hydroxylation is 1. The molecule has 0 saturated carbocycles. The molecule has 1 N–H and O–H groups in total. The van der Waals surface area contributed by atoms with Gasteiger partial charge in [-0.3, -0.25) is 25.0 Å². The number of carbonyl (C=O) groups is 1. The van der Waals surface area contributed by atoms with Crippen LogP contribution in [0, 0.1) is 27.2 Å². The number of anilines is 1. The molecule has 1 amide bonds. The first-order chi connectivity index (χ1) is 14.2. The summed E-state index contributed by atoms with van der Waals surface area (Å²) in [7, 11) is 0. The number of ether oxygens (including phenoxy) is 1. The maximum absolute atomic E-state index is 12.4. The van der Waals surface area contributed by atoms with Gasteiger partial charge in [0.05, 0.1) is 14.9 Å². The van der Waals surface area contributed by atoms with Crippen molar-refractivity contribution < 1.29 is 23.8 Å². The Balaban J connectivity index is 1.67. The second kappa shape index (κ2) is 8.62. The molecule has 30 heavy (non-hydrogen) atoms. The van der Waals surface area contributed by atoms with Crippen molar-refractivity contribution in [3.63, 3.8) is 0 Å². The van der Waals surface area contributed by atoms with Gasteiger partial charge < -0.3 is 14.5 Å². The minimum absolute atomic E-state index is 0.0439. The molecule has 11 heteroatoms. The zero-order chi connectivity index (χ0) is 21.8. The van der Waals surface area contributed by atoms with Crippen LogP contribution in [0.1, 0.15) is 21.9 Å². The molecule has 154 valence electrons. The van der Waals surface area contributed by atoms with Crippen LogP contribution in [0.3, 0.4) is 0 Å². The Morgan fingerprint density at radius 2 is 1.87 bits per heavy atom. The van der Waals surface area contributed by atoms with Crippen molar-refractivity contribution >= 4 is 34.6 Å². The minimum Gasteiger partial charge on any atom is -0.484 e. The molecule has 3 aromatic rings. The summed E-state index contributed by atoms with van der Waals surface area (Å²) in [5.74, 6) is -0.243. The van der Waals surface area contributed by atoms with E-state index in [1.165, 1.54) is 36.4 Å². The van der Waals surface area contributed by atoms with Crippen molar-refractivity contribution in [2.24, 2.45) is 0 Å². The first-order valence-electron chi connectivity index (χ1n) is 8.46. The predicted molar refractivity (Wildman–Crippen MR) is 107 cm³/mol. The number of halogens is 1. The molecule has 0 aliphatic carbocycles. The van der Waals surface area contributed by atoms with Crippen LogP contribution in [0.15, 0.2) is 52.9 Å². The van der Waals surface area contributed by atoms with Crippen LogP contribution in [-0.2, 0) is 6.61 Å². The first kappa shape index (κ1) is 20.8. The van der Waals surface area contributed by atoms with Crippen LogP contribution in [-0.4, -0.2) is 15.8 Å². The van der Waals surface area contributed by atoms with Gasteiger partial charge in [0, 0.05) is 18.2 Å². The quantitative estimate of drug-likeness (QED) is 0.415. The van der Waals surface area contributed by atoms with Gasteiger partial charge in [-0.05, 0) is 36.8 Å². The zero-order valence-electron chi connectivity index (χ0n) is 15.5. The topological polar surface area (TPSA) is 138 Å². The van der Waals surface area contributed by atoms with E-state index in [0.717, 1.165) is 6.07 Å². The molecule has 0 saturated heterocycles. The van der Waals surface area contributed by atoms with Crippen molar-refractivity contribution in [3.05, 3.63) is 90.9 Å². The third-order valence-electron chi connectivity index (χ3n) is 3.98. The first-order valence-corrected chi connectivity index (χ1v) is 8.84. The number of nitrogens with one attached hydrogen (secondary N) is 1. The number of benzene rings is 2. The third kappa shape index (κ3) is 4.73. The summed E-state index contributed by atoms with van der Waals surface area (Å²) in [5.41, 5.74) is 0.324. The number of amides is 1. The van der Waals surface area contributed by atoms with Gasteiger partial charge in [0.15, 0.2) is 5.76 Å². The second-order valence-electron chi connectivity index (χ2n) is 6.16. The molecule has 0 radical (unpaired) electrons. The summed E-state index contributed by atoms with van der Waals surface area (Å²) in [6.07, 6.45) is 0. The Hall–Kier alpha value is -3.92. The van der Waals surface area contributed by atoms with Gasteiger partial charge in [-0.2, -0.15) is 0 Å². The fourth-order valence-electron chi connectivity index (χ4n) is 2.53. The van der Waals surface area contributed by atoms with Crippen molar-refractivity contribution in [2.45, 2.75) is 13.5 Å². The minimum atomic E-state index is -0.665. The highest BCUT2D eigenvalue weighted by Crippen LogP contribution is 2.30. The van der Waals surface area contributed by atoms with Crippen LogP contribution in [0.4, 0.5) is 17.1 Å². The standard InChI is InChI=1S/C19H14ClN3O7/c1-11-2-5-15(16(8-11)23(27)28)21-19(24)18-7-4-13(30-18)10-29-17-6-3-12(22(25)26)9-14(17)20/h2-9H,10H2,1H3,(H,21,24). The van der Waals surface area contributed by atoms with Crippen molar-refractivity contribution in [1.82, 2.24) is 0 Å². The summed E-state index contributed by atoms with van der Waals surface area (Å²) in [6, 6.07) is 11.1. The number of hydrogen-bond donors (Lipinski definition) is 1. The summed E-state index contributed by atoms with van der Waals surface area (Å²) in [5, 5.41) is 24.4. The Labute approximate surface area is 174 Å². The maximum atomic E-state index is 12.4. The monoisotopic (exact) mass is 431 g/mol. The van der Waals surface area contributed by atoms with Crippen molar-refractivity contribution in [2.75, 3.05) is 5.32 Å².